The molecule has 0 aliphatic carbocycles. The van der Waals surface area contributed by atoms with E-state index in [2.05, 4.69) is 35.9 Å². The number of ether oxygens (including phenoxy) is 3. The minimum Gasteiger partial charge on any atom is -0.482 e. The summed E-state index contributed by atoms with van der Waals surface area (Å²) in [5.74, 6) is -2.30. The lowest BCUT2D eigenvalue weighted by Crippen LogP contribution is -2.28. The zero-order valence-corrected chi connectivity index (χ0v) is 31.1. The molecule has 7 N–H and O–H groups in total. The summed E-state index contributed by atoms with van der Waals surface area (Å²) < 4.78 is 42.2. The largest absolute Gasteiger partial charge is 0.482 e. The van der Waals surface area contributed by atoms with E-state index in [9.17, 15) is 37.5 Å². The molecule has 4 aromatic carbocycles. The van der Waals surface area contributed by atoms with Gasteiger partial charge in [-0.1, -0.05) is 24.3 Å². The van der Waals surface area contributed by atoms with Gasteiger partial charge in [0.05, 0.1) is 29.0 Å². The second-order valence-corrected chi connectivity index (χ2v) is 12.0. The summed E-state index contributed by atoms with van der Waals surface area (Å²) in [6.07, 6.45) is 0. The molecular weight excluding hydrogens is 786 g/mol. The van der Waals surface area contributed by atoms with Crippen molar-refractivity contribution >= 4 is 69.3 Å². The number of nitrogens with one attached hydrogen (secondary N) is 5. The summed E-state index contributed by atoms with van der Waals surface area (Å²) in [5, 5.41) is 7.66. The lowest BCUT2D eigenvalue weighted by atomic mass is 10.1. The van der Waals surface area contributed by atoms with E-state index in [0.29, 0.717) is 35.0 Å². The number of benzene rings is 4. The fourth-order valence-corrected chi connectivity index (χ4v) is 5.47. The maximum absolute atomic E-state index is 13.7. The molecule has 0 bridgehead atoms. The molecule has 4 heterocycles. The van der Waals surface area contributed by atoms with Gasteiger partial charge in [0.1, 0.15) is 33.9 Å². The van der Waals surface area contributed by atoms with Gasteiger partial charge in [0.2, 0.25) is 5.82 Å². The molecule has 58 heavy (non-hydrogen) atoms. The monoisotopic (exact) mass is 818 g/mol. The fraction of sp³-hybridized carbons (Fsp3) is 0.158. The van der Waals surface area contributed by atoms with Crippen molar-refractivity contribution in [3.8, 4) is 11.5 Å². The highest BCUT2D eigenvalue weighted by atomic mass is 35.5. The predicted octanol–water partition coefficient (Wildman–Crippen LogP) is 3.46. The zero-order valence-electron chi connectivity index (χ0n) is 30.3. The van der Waals surface area contributed by atoms with Gasteiger partial charge in [-0.05, 0) is 66.6 Å². The highest BCUT2D eigenvalue weighted by molar-refractivity contribution is 5.96. The summed E-state index contributed by atoms with van der Waals surface area (Å²) in [7, 11) is 0. The van der Waals surface area contributed by atoms with E-state index in [4.69, 9.17) is 19.9 Å². The summed E-state index contributed by atoms with van der Waals surface area (Å²) in [6, 6.07) is 18.7. The Kier molecular flexibility index (Phi) is 13.4. The summed E-state index contributed by atoms with van der Waals surface area (Å²) >= 11 is 0. The van der Waals surface area contributed by atoms with Gasteiger partial charge >= 0.3 is 5.97 Å². The van der Waals surface area contributed by atoms with Crippen LogP contribution in [0.1, 0.15) is 39.3 Å². The molecule has 3 amide bonds. The minimum atomic E-state index is -0.740. The molecule has 8 rings (SSSR count). The third-order valence-electron chi connectivity index (χ3n) is 8.09. The van der Waals surface area contributed by atoms with E-state index in [1.807, 2.05) is 18.2 Å². The summed E-state index contributed by atoms with van der Waals surface area (Å²) in [5.41, 5.74) is 7.17. The maximum Gasteiger partial charge on any atom is 0.374 e. The molecule has 2 aromatic heterocycles. The summed E-state index contributed by atoms with van der Waals surface area (Å²) in [4.78, 5) is 82.0. The van der Waals surface area contributed by atoms with Gasteiger partial charge in [-0.2, -0.15) is 0 Å². The van der Waals surface area contributed by atoms with Gasteiger partial charge in [-0.15, -0.1) is 12.4 Å². The molecule has 2 aliphatic rings. The minimum absolute atomic E-state index is 0. The Morgan fingerprint density at radius 3 is 1.79 bits per heavy atom. The van der Waals surface area contributed by atoms with Gasteiger partial charge in [0.15, 0.2) is 19.0 Å². The number of halogens is 3. The quantitative estimate of drug-likeness (QED) is 0.132. The van der Waals surface area contributed by atoms with Crippen molar-refractivity contribution in [2.75, 3.05) is 30.5 Å². The van der Waals surface area contributed by atoms with Crippen molar-refractivity contribution in [2.24, 2.45) is 5.73 Å². The number of rotatable bonds is 6. The number of hydrogen-bond acceptors (Lipinski definition) is 12. The number of aromatic nitrogens is 4. The van der Waals surface area contributed by atoms with Crippen molar-refractivity contribution in [3.63, 3.8) is 0 Å². The van der Waals surface area contributed by atoms with Crippen molar-refractivity contribution in [2.45, 2.75) is 20.0 Å². The van der Waals surface area contributed by atoms with Gasteiger partial charge in [-0.25, -0.2) is 23.5 Å². The Balaban J connectivity index is 0.000000178. The molecule has 0 saturated carbocycles. The van der Waals surface area contributed by atoms with E-state index < -0.39 is 34.6 Å². The second kappa shape index (κ2) is 18.6. The Morgan fingerprint density at radius 2 is 1.26 bits per heavy atom. The number of esters is 1. The lowest BCUT2D eigenvalue weighted by Gasteiger charge is -2.18. The third-order valence-corrected chi connectivity index (χ3v) is 8.09. The van der Waals surface area contributed by atoms with Crippen molar-refractivity contribution in [1.82, 2.24) is 25.3 Å². The molecule has 2 aliphatic heterocycles. The first kappa shape index (κ1) is 41.9. The lowest BCUT2D eigenvalue weighted by molar-refractivity contribution is -0.119. The molecule has 0 unspecified atom stereocenters. The number of H-pyrrole nitrogens is 2. The van der Waals surface area contributed by atoms with Crippen LogP contribution in [0.25, 0.3) is 21.8 Å². The number of anilines is 2. The number of nitrogens with two attached hydrogens (primary N) is 1. The highest BCUT2D eigenvalue weighted by Gasteiger charge is 2.19. The molecular formula is C38H33ClF2N8O9. The van der Waals surface area contributed by atoms with Gasteiger partial charge in [0, 0.05) is 13.1 Å². The van der Waals surface area contributed by atoms with Crippen LogP contribution in [0.5, 0.6) is 11.5 Å². The van der Waals surface area contributed by atoms with Gasteiger partial charge in [-0.3, -0.25) is 24.0 Å². The maximum atomic E-state index is 13.7. The molecule has 6 aromatic rings. The average Bonchev–Trinajstić information content (AvgIpc) is 3.19. The number of aromatic amines is 2. The van der Waals surface area contributed by atoms with Crippen LogP contribution in [0, 0.1) is 11.6 Å². The highest BCUT2D eigenvalue weighted by Crippen LogP contribution is 2.29. The van der Waals surface area contributed by atoms with Crippen LogP contribution >= 0.6 is 12.4 Å². The number of amides is 3. The third kappa shape index (κ3) is 9.75. The van der Waals surface area contributed by atoms with Crippen LogP contribution in [0.15, 0.2) is 82.4 Å². The van der Waals surface area contributed by atoms with Crippen molar-refractivity contribution < 1.29 is 42.2 Å². The van der Waals surface area contributed by atoms with E-state index in [1.165, 1.54) is 24.3 Å². The van der Waals surface area contributed by atoms with Crippen molar-refractivity contribution in [1.29, 1.82) is 0 Å². The average molecular weight is 819 g/mol. The van der Waals surface area contributed by atoms with Crippen LogP contribution in [-0.4, -0.2) is 63.4 Å². The first-order chi connectivity index (χ1) is 27.4. The zero-order chi connectivity index (χ0) is 40.6. The Bertz CT molecular complexity index is 2670. The standard InChI is InChI=1S/C18H13FN4O4.C11H9FN2O3.C9H10N2O2.ClH/c19-10-2-1-3-11-15(10)17(25)23-16(22-11)18(26)20-7-9-4-5-13-12(6-9)21-14(24)8-27-13;1-2-17-11(16)9-13-7-5-3-4-6(12)8(7)10(15)14-9;10-4-6-1-2-8-7(3-6)11-9(12)5-13-8;/h1-6H,7-8H2,(H,20,26)(H,21,24)(H,22,23,25);3-5H,2H2,1H3,(H,13,14,15);1-3H,4-5,10H2,(H,11,12);1H. The molecule has 300 valence electrons. The molecule has 20 heteroatoms. The van der Waals surface area contributed by atoms with Crippen LogP contribution < -0.4 is 42.3 Å². The fourth-order valence-electron chi connectivity index (χ4n) is 5.47. The van der Waals surface area contributed by atoms with Crippen LogP contribution in [-0.2, 0) is 27.4 Å². The van der Waals surface area contributed by atoms with E-state index in [-0.39, 0.29) is 84.0 Å². The molecule has 0 saturated heterocycles. The molecule has 0 radical (unpaired) electrons. The molecule has 17 nitrogen and oxygen atoms in total. The van der Waals surface area contributed by atoms with Crippen LogP contribution in [0.3, 0.4) is 0 Å². The smallest absolute Gasteiger partial charge is 0.374 e. The normalized spacial score (nSPS) is 12.3. The molecule has 0 spiro atoms. The Hall–Kier alpha value is -7.25. The first-order valence-corrected chi connectivity index (χ1v) is 17.1. The van der Waals surface area contributed by atoms with E-state index in [0.717, 1.165) is 17.7 Å². The number of carbonyl (C=O) groups is 4. The number of hydrogen-bond donors (Lipinski definition) is 6. The first-order valence-electron chi connectivity index (χ1n) is 17.1. The van der Waals surface area contributed by atoms with Gasteiger partial charge < -0.3 is 45.9 Å². The topological polar surface area (TPSA) is 250 Å². The SMILES string of the molecule is CCOC(=O)c1nc2cccc(F)c2c(=O)[nH]1.Cl.NCc1ccc2c(c1)NC(=O)CO2.O=C1COc2ccc(CNC(=O)c3nc4cccc(F)c4c(=O)[nH]3)cc2N1. The van der Waals surface area contributed by atoms with Crippen LogP contribution in [0.4, 0.5) is 20.2 Å². The Morgan fingerprint density at radius 1 is 0.759 bits per heavy atom. The van der Waals surface area contributed by atoms with E-state index >= 15 is 0 Å². The number of fused-ring (bicyclic) bond motifs is 4. The van der Waals surface area contributed by atoms with E-state index in [1.54, 1.807) is 25.1 Å². The molecule has 0 atom stereocenters. The van der Waals surface area contributed by atoms with Crippen molar-refractivity contribution in [3.05, 3.63) is 128 Å². The Labute approximate surface area is 331 Å². The molecule has 0 fully saturated rings. The second-order valence-electron chi connectivity index (χ2n) is 12.0. The summed E-state index contributed by atoms with van der Waals surface area (Å²) in [6.45, 7) is 2.45. The van der Waals surface area contributed by atoms with Gasteiger partial charge in [0.25, 0.3) is 28.8 Å². The van der Waals surface area contributed by atoms with Crippen LogP contribution in [0.2, 0.25) is 0 Å². The number of carbonyl (C=O) groups excluding carboxylic acids is 4. The number of nitrogens with zero attached hydrogens (tertiary/aromatic N) is 2. The predicted molar refractivity (Wildman–Crippen MR) is 208 cm³/mol.